The first-order valence-electron chi connectivity index (χ1n) is 4.22. The lowest BCUT2D eigenvalue weighted by atomic mass is 10.2. The van der Waals surface area contributed by atoms with E-state index in [2.05, 4.69) is 9.26 Å². The highest BCUT2D eigenvalue weighted by molar-refractivity contribution is 7.46. The highest BCUT2D eigenvalue weighted by Crippen LogP contribution is 2.37. The predicted octanol–water partition coefficient (Wildman–Crippen LogP) is 1.34. The van der Waals surface area contributed by atoms with Crippen molar-refractivity contribution in [1.82, 2.24) is 0 Å². The van der Waals surface area contributed by atoms with Gasteiger partial charge in [0.2, 0.25) is 6.29 Å². The molecular formula is C8H15O6P. The number of carbonyl (C=O) groups is 1. The fourth-order valence-electron chi connectivity index (χ4n) is 0.658. The number of ether oxygens (including phenoxy) is 1. The first kappa shape index (κ1) is 14.3. The van der Waals surface area contributed by atoms with Crippen LogP contribution in [0.1, 0.15) is 27.7 Å². The van der Waals surface area contributed by atoms with Crippen molar-refractivity contribution in [2.45, 2.75) is 34.0 Å². The molecule has 0 aromatic rings. The van der Waals surface area contributed by atoms with Crippen molar-refractivity contribution in [1.29, 1.82) is 0 Å². The second-order valence-corrected chi connectivity index (χ2v) is 4.39. The third-order valence-electron chi connectivity index (χ3n) is 1.61. The molecule has 0 saturated heterocycles. The lowest BCUT2D eigenvalue weighted by Gasteiger charge is -2.14. The van der Waals surface area contributed by atoms with E-state index in [1.54, 1.807) is 20.8 Å². The van der Waals surface area contributed by atoms with E-state index in [0.29, 0.717) is 5.57 Å². The normalized spacial score (nSPS) is 13.2. The zero-order valence-corrected chi connectivity index (χ0v) is 9.95. The Balaban J connectivity index is 4.33. The van der Waals surface area contributed by atoms with Gasteiger partial charge in [-0.15, -0.1) is 0 Å². The van der Waals surface area contributed by atoms with Gasteiger partial charge in [0.1, 0.15) is 0 Å². The molecule has 0 aliphatic carbocycles. The molecule has 0 amide bonds. The first-order valence-corrected chi connectivity index (χ1v) is 5.75. The second-order valence-electron chi connectivity index (χ2n) is 3.19. The lowest BCUT2D eigenvalue weighted by molar-refractivity contribution is -0.157. The van der Waals surface area contributed by atoms with Gasteiger partial charge >= 0.3 is 13.8 Å². The SMILES string of the molecule is CC(C)=C(C)C(=O)OC(C)OP(=O)(O)O. The van der Waals surface area contributed by atoms with Crippen molar-refractivity contribution in [2.75, 3.05) is 0 Å². The summed E-state index contributed by atoms with van der Waals surface area (Å²) >= 11 is 0. The fourth-order valence-corrected chi connectivity index (χ4v) is 1.09. The molecule has 0 bridgehead atoms. The number of rotatable bonds is 4. The Bertz CT molecular complexity index is 311. The van der Waals surface area contributed by atoms with Crippen LogP contribution in [-0.2, 0) is 18.6 Å². The van der Waals surface area contributed by atoms with Gasteiger partial charge < -0.3 is 14.5 Å². The van der Waals surface area contributed by atoms with Crippen LogP contribution in [0.25, 0.3) is 0 Å². The summed E-state index contributed by atoms with van der Waals surface area (Å²) in [5, 5.41) is 0. The molecular weight excluding hydrogens is 223 g/mol. The van der Waals surface area contributed by atoms with Crippen LogP contribution in [0.4, 0.5) is 0 Å². The molecule has 0 aliphatic rings. The van der Waals surface area contributed by atoms with Crippen molar-refractivity contribution in [3.05, 3.63) is 11.1 Å². The van der Waals surface area contributed by atoms with E-state index in [-0.39, 0.29) is 0 Å². The molecule has 0 radical (unpaired) electrons. The topological polar surface area (TPSA) is 93.1 Å². The lowest BCUT2D eigenvalue weighted by Crippen LogP contribution is -2.18. The van der Waals surface area contributed by atoms with E-state index in [1.165, 1.54) is 6.92 Å². The number of phosphoric ester groups is 1. The first-order chi connectivity index (χ1) is 6.63. The van der Waals surface area contributed by atoms with Crippen molar-refractivity contribution in [2.24, 2.45) is 0 Å². The van der Waals surface area contributed by atoms with Crippen LogP contribution >= 0.6 is 7.82 Å². The monoisotopic (exact) mass is 238 g/mol. The van der Waals surface area contributed by atoms with Gasteiger partial charge in [-0.25, -0.2) is 13.9 Å². The molecule has 0 spiro atoms. The van der Waals surface area contributed by atoms with E-state index in [4.69, 9.17) is 9.79 Å². The van der Waals surface area contributed by atoms with Crippen LogP contribution in [0.2, 0.25) is 0 Å². The Morgan fingerprint density at radius 1 is 1.27 bits per heavy atom. The van der Waals surface area contributed by atoms with E-state index in [9.17, 15) is 9.36 Å². The molecule has 0 rings (SSSR count). The van der Waals surface area contributed by atoms with Crippen LogP contribution in [-0.4, -0.2) is 22.0 Å². The number of hydrogen-bond donors (Lipinski definition) is 2. The molecule has 0 saturated carbocycles. The van der Waals surface area contributed by atoms with E-state index in [1.807, 2.05) is 0 Å². The van der Waals surface area contributed by atoms with Gasteiger partial charge in [0, 0.05) is 5.57 Å². The van der Waals surface area contributed by atoms with Crippen molar-refractivity contribution >= 4 is 13.8 Å². The molecule has 0 aliphatic heterocycles. The summed E-state index contributed by atoms with van der Waals surface area (Å²) in [5.74, 6) is -0.657. The maximum Gasteiger partial charge on any atom is 0.472 e. The number of phosphoric acid groups is 1. The van der Waals surface area contributed by atoms with Crippen molar-refractivity contribution in [3.8, 4) is 0 Å². The van der Waals surface area contributed by atoms with E-state index < -0.39 is 20.1 Å². The summed E-state index contributed by atoms with van der Waals surface area (Å²) < 4.78 is 19.2. The Hall–Kier alpha value is -0.680. The summed E-state index contributed by atoms with van der Waals surface area (Å²) in [4.78, 5) is 28.1. The average molecular weight is 238 g/mol. The molecule has 0 fully saturated rings. The van der Waals surface area contributed by atoms with Crippen LogP contribution in [0.3, 0.4) is 0 Å². The quantitative estimate of drug-likeness (QED) is 0.332. The highest BCUT2D eigenvalue weighted by Gasteiger charge is 2.22. The average Bonchev–Trinajstić information content (AvgIpc) is 1.98. The summed E-state index contributed by atoms with van der Waals surface area (Å²) in [6.07, 6.45) is -1.28. The molecule has 6 nitrogen and oxygen atoms in total. The van der Waals surface area contributed by atoms with E-state index >= 15 is 0 Å². The molecule has 0 aromatic heterocycles. The number of esters is 1. The van der Waals surface area contributed by atoms with Gasteiger partial charge in [0.25, 0.3) is 0 Å². The standard InChI is InChI=1S/C8H15O6P/c1-5(2)6(3)8(9)13-7(4)14-15(10,11)12/h7H,1-4H3,(H2,10,11,12). The Morgan fingerprint density at radius 2 is 1.73 bits per heavy atom. The molecule has 0 aromatic carbocycles. The Labute approximate surface area is 88.1 Å². The van der Waals surface area contributed by atoms with Crippen LogP contribution in [0, 0.1) is 0 Å². The van der Waals surface area contributed by atoms with Crippen LogP contribution < -0.4 is 0 Å². The van der Waals surface area contributed by atoms with Gasteiger partial charge in [0.05, 0.1) is 0 Å². The molecule has 2 N–H and O–H groups in total. The summed E-state index contributed by atoms with van der Waals surface area (Å²) in [7, 11) is -4.63. The van der Waals surface area contributed by atoms with Crippen LogP contribution in [0.5, 0.6) is 0 Å². The Morgan fingerprint density at radius 3 is 2.07 bits per heavy atom. The van der Waals surface area contributed by atoms with Gasteiger partial charge in [-0.1, -0.05) is 5.57 Å². The third-order valence-corrected chi connectivity index (χ3v) is 2.19. The molecule has 7 heteroatoms. The second kappa shape index (κ2) is 5.42. The smallest absolute Gasteiger partial charge is 0.432 e. The largest absolute Gasteiger partial charge is 0.472 e. The zero-order chi connectivity index (χ0) is 12.2. The van der Waals surface area contributed by atoms with Gasteiger partial charge in [-0.05, 0) is 27.7 Å². The summed E-state index contributed by atoms with van der Waals surface area (Å²) in [6.45, 7) is 6.24. The van der Waals surface area contributed by atoms with Crippen LogP contribution in [0.15, 0.2) is 11.1 Å². The number of carbonyl (C=O) groups excluding carboxylic acids is 1. The number of hydrogen-bond acceptors (Lipinski definition) is 4. The molecule has 88 valence electrons. The molecule has 1 atom stereocenters. The summed E-state index contributed by atoms with van der Waals surface area (Å²) in [6, 6.07) is 0. The predicted molar refractivity (Wildman–Crippen MR) is 52.7 cm³/mol. The molecule has 0 heterocycles. The molecule has 1 unspecified atom stereocenters. The number of allylic oxidation sites excluding steroid dienone is 1. The van der Waals surface area contributed by atoms with Crippen molar-refractivity contribution < 1.29 is 28.4 Å². The molecule has 15 heavy (non-hydrogen) atoms. The minimum absolute atomic E-state index is 0.385. The Kier molecular flexibility index (Phi) is 5.17. The third kappa shape index (κ3) is 6.41. The fraction of sp³-hybridized carbons (Fsp3) is 0.625. The zero-order valence-electron chi connectivity index (χ0n) is 9.05. The highest BCUT2D eigenvalue weighted by atomic mass is 31.2. The van der Waals surface area contributed by atoms with Gasteiger partial charge in [-0.3, -0.25) is 0 Å². The summed E-state index contributed by atoms with van der Waals surface area (Å²) in [5.41, 5.74) is 1.15. The van der Waals surface area contributed by atoms with E-state index in [0.717, 1.165) is 5.57 Å². The minimum atomic E-state index is -4.63. The minimum Gasteiger partial charge on any atom is -0.432 e. The maximum atomic E-state index is 11.3. The maximum absolute atomic E-state index is 11.3. The van der Waals surface area contributed by atoms with Gasteiger partial charge in [-0.2, -0.15) is 0 Å². The van der Waals surface area contributed by atoms with Crippen molar-refractivity contribution in [3.63, 3.8) is 0 Å². The van der Waals surface area contributed by atoms with Gasteiger partial charge in [0.15, 0.2) is 0 Å².